The first-order chi connectivity index (χ1) is 7.65. The molecule has 88 valence electrons. The van der Waals surface area contributed by atoms with Crippen LogP contribution in [-0.4, -0.2) is 4.92 Å². The van der Waals surface area contributed by atoms with Crippen LogP contribution in [0.2, 0.25) is 0 Å². The molecule has 0 amide bonds. The van der Waals surface area contributed by atoms with Crippen LogP contribution in [0.3, 0.4) is 0 Å². The highest BCUT2D eigenvalue weighted by atomic mass is 16.6. The second-order valence-electron chi connectivity index (χ2n) is 4.34. The van der Waals surface area contributed by atoms with Crippen LogP contribution >= 0.6 is 0 Å². The number of nitrogens with zero attached hydrogens (tertiary/aromatic N) is 1. The van der Waals surface area contributed by atoms with E-state index in [4.69, 9.17) is 0 Å². The highest BCUT2D eigenvalue weighted by Crippen LogP contribution is 2.22. The van der Waals surface area contributed by atoms with Crippen molar-refractivity contribution in [3.63, 3.8) is 0 Å². The van der Waals surface area contributed by atoms with Gasteiger partial charge < -0.3 is 0 Å². The Morgan fingerprint density at radius 2 is 2.06 bits per heavy atom. The van der Waals surface area contributed by atoms with Crippen LogP contribution < -0.4 is 0 Å². The quantitative estimate of drug-likeness (QED) is 0.539. The van der Waals surface area contributed by atoms with E-state index >= 15 is 0 Å². The number of unbranched alkanes of at least 4 members (excludes halogenated alkanes) is 1. The van der Waals surface area contributed by atoms with Crippen molar-refractivity contribution >= 4 is 5.69 Å². The highest BCUT2D eigenvalue weighted by molar-refractivity contribution is 5.39. The summed E-state index contributed by atoms with van der Waals surface area (Å²) in [4.78, 5) is 10.5. The Hall–Kier alpha value is -1.38. The molecule has 0 aromatic heterocycles. The summed E-state index contributed by atoms with van der Waals surface area (Å²) in [6.45, 7) is 4.32. The molecule has 1 aromatic rings. The SMILES string of the molecule is CCCCC(C)Cc1ccccc1[N+](=O)[O-]. The maximum absolute atomic E-state index is 10.8. The van der Waals surface area contributed by atoms with Gasteiger partial charge in [-0.05, 0) is 12.3 Å². The van der Waals surface area contributed by atoms with Crippen LogP contribution in [0.4, 0.5) is 5.69 Å². The lowest BCUT2D eigenvalue weighted by molar-refractivity contribution is -0.385. The molecule has 1 atom stereocenters. The van der Waals surface area contributed by atoms with Crippen molar-refractivity contribution in [1.82, 2.24) is 0 Å². The summed E-state index contributed by atoms with van der Waals surface area (Å²) in [6, 6.07) is 7.04. The Morgan fingerprint density at radius 1 is 1.38 bits per heavy atom. The molecular weight excluding hydrogens is 202 g/mol. The lowest BCUT2D eigenvalue weighted by atomic mass is 9.95. The Kier molecular flexibility index (Phi) is 4.96. The molecule has 3 heteroatoms. The van der Waals surface area contributed by atoms with Crippen LogP contribution in [-0.2, 0) is 6.42 Å². The van der Waals surface area contributed by atoms with Crippen molar-refractivity contribution in [1.29, 1.82) is 0 Å². The van der Waals surface area contributed by atoms with Gasteiger partial charge in [0.1, 0.15) is 0 Å². The second kappa shape index (κ2) is 6.26. The minimum absolute atomic E-state index is 0.255. The third kappa shape index (κ3) is 3.65. The first-order valence-corrected chi connectivity index (χ1v) is 5.87. The standard InChI is InChI=1S/C13H19NO2/c1-3-4-7-11(2)10-12-8-5-6-9-13(12)14(15)16/h5-6,8-9,11H,3-4,7,10H2,1-2H3. The van der Waals surface area contributed by atoms with Gasteiger partial charge in [-0.15, -0.1) is 0 Å². The molecule has 0 N–H and O–H groups in total. The van der Waals surface area contributed by atoms with Crippen molar-refractivity contribution in [2.24, 2.45) is 5.92 Å². The fourth-order valence-corrected chi connectivity index (χ4v) is 1.89. The van der Waals surface area contributed by atoms with Crippen LogP contribution in [0.5, 0.6) is 0 Å². The topological polar surface area (TPSA) is 43.1 Å². The molecule has 0 spiro atoms. The molecule has 3 nitrogen and oxygen atoms in total. The first kappa shape index (κ1) is 12.7. The van der Waals surface area contributed by atoms with Gasteiger partial charge in [-0.25, -0.2) is 0 Å². The van der Waals surface area contributed by atoms with E-state index in [1.165, 1.54) is 12.8 Å². The van der Waals surface area contributed by atoms with Crippen molar-refractivity contribution in [3.8, 4) is 0 Å². The van der Waals surface area contributed by atoms with Gasteiger partial charge in [0.05, 0.1) is 4.92 Å². The van der Waals surface area contributed by atoms with E-state index < -0.39 is 0 Å². The molecule has 0 bridgehead atoms. The fourth-order valence-electron chi connectivity index (χ4n) is 1.89. The average molecular weight is 221 g/mol. The Bertz CT molecular complexity index is 350. The number of nitro benzene ring substituents is 1. The molecule has 0 fully saturated rings. The van der Waals surface area contributed by atoms with Gasteiger partial charge in [0, 0.05) is 11.6 Å². The van der Waals surface area contributed by atoms with Crippen LogP contribution in [0, 0.1) is 16.0 Å². The molecule has 0 heterocycles. The van der Waals surface area contributed by atoms with Gasteiger partial charge in [0.15, 0.2) is 0 Å². The molecule has 1 rings (SSSR count). The first-order valence-electron chi connectivity index (χ1n) is 5.87. The van der Waals surface area contributed by atoms with Gasteiger partial charge in [0.2, 0.25) is 0 Å². The maximum atomic E-state index is 10.8. The van der Waals surface area contributed by atoms with Crippen molar-refractivity contribution < 1.29 is 4.92 Å². The van der Waals surface area contributed by atoms with Crippen LogP contribution in [0.15, 0.2) is 24.3 Å². The third-order valence-corrected chi connectivity index (χ3v) is 2.81. The monoisotopic (exact) mass is 221 g/mol. The number of hydrogen-bond donors (Lipinski definition) is 0. The highest BCUT2D eigenvalue weighted by Gasteiger charge is 2.14. The van der Waals surface area contributed by atoms with Gasteiger partial charge in [-0.1, -0.05) is 51.3 Å². The number of nitro groups is 1. The largest absolute Gasteiger partial charge is 0.272 e. The Labute approximate surface area is 96.6 Å². The summed E-state index contributed by atoms with van der Waals surface area (Å²) in [5, 5.41) is 10.8. The summed E-state index contributed by atoms with van der Waals surface area (Å²) in [6.07, 6.45) is 4.32. The molecule has 0 saturated carbocycles. The Morgan fingerprint density at radius 3 is 2.69 bits per heavy atom. The molecule has 1 aromatic carbocycles. The van der Waals surface area contributed by atoms with E-state index in [9.17, 15) is 10.1 Å². The van der Waals surface area contributed by atoms with E-state index in [1.54, 1.807) is 12.1 Å². The van der Waals surface area contributed by atoms with E-state index in [2.05, 4.69) is 13.8 Å². The Balaban J connectivity index is 2.69. The third-order valence-electron chi connectivity index (χ3n) is 2.81. The van der Waals surface area contributed by atoms with Crippen molar-refractivity contribution in [2.75, 3.05) is 0 Å². The summed E-state index contributed by atoms with van der Waals surface area (Å²) in [5.41, 5.74) is 1.11. The summed E-state index contributed by atoms with van der Waals surface area (Å²) < 4.78 is 0. The molecule has 0 aliphatic rings. The van der Waals surface area contributed by atoms with Crippen molar-refractivity contribution in [3.05, 3.63) is 39.9 Å². The predicted molar refractivity (Wildman–Crippen MR) is 65.5 cm³/mol. The lowest BCUT2D eigenvalue weighted by Crippen LogP contribution is -2.02. The van der Waals surface area contributed by atoms with E-state index in [1.807, 2.05) is 12.1 Å². The minimum atomic E-state index is -0.290. The summed E-state index contributed by atoms with van der Waals surface area (Å²) in [5.74, 6) is 0.515. The van der Waals surface area contributed by atoms with Crippen LogP contribution in [0.1, 0.15) is 38.7 Å². The molecular formula is C13H19NO2. The zero-order valence-corrected chi connectivity index (χ0v) is 9.98. The average Bonchev–Trinajstić information content (AvgIpc) is 2.27. The molecule has 16 heavy (non-hydrogen) atoms. The van der Waals surface area contributed by atoms with Crippen LogP contribution in [0.25, 0.3) is 0 Å². The van der Waals surface area contributed by atoms with Gasteiger partial charge in [0.25, 0.3) is 5.69 Å². The number of benzene rings is 1. The predicted octanol–water partition coefficient (Wildman–Crippen LogP) is 3.96. The number of para-hydroxylation sites is 1. The summed E-state index contributed by atoms with van der Waals surface area (Å²) >= 11 is 0. The lowest BCUT2D eigenvalue weighted by Gasteiger charge is -2.10. The van der Waals surface area contributed by atoms with E-state index in [-0.39, 0.29) is 10.6 Å². The maximum Gasteiger partial charge on any atom is 0.272 e. The molecule has 0 saturated heterocycles. The normalized spacial score (nSPS) is 12.4. The second-order valence-corrected chi connectivity index (χ2v) is 4.34. The molecule has 0 aliphatic carbocycles. The van der Waals surface area contributed by atoms with Crippen molar-refractivity contribution in [2.45, 2.75) is 39.5 Å². The number of rotatable bonds is 6. The number of hydrogen-bond acceptors (Lipinski definition) is 2. The van der Waals surface area contributed by atoms with Gasteiger partial charge >= 0.3 is 0 Å². The molecule has 1 unspecified atom stereocenters. The summed E-state index contributed by atoms with van der Waals surface area (Å²) in [7, 11) is 0. The fraction of sp³-hybridized carbons (Fsp3) is 0.538. The van der Waals surface area contributed by atoms with E-state index in [0.717, 1.165) is 18.4 Å². The molecule has 0 radical (unpaired) electrons. The minimum Gasteiger partial charge on any atom is -0.258 e. The smallest absolute Gasteiger partial charge is 0.258 e. The molecule has 0 aliphatic heterocycles. The van der Waals surface area contributed by atoms with E-state index in [0.29, 0.717) is 5.92 Å². The zero-order valence-electron chi connectivity index (χ0n) is 9.98. The van der Waals surface area contributed by atoms with Gasteiger partial charge in [-0.3, -0.25) is 10.1 Å². The van der Waals surface area contributed by atoms with Gasteiger partial charge in [-0.2, -0.15) is 0 Å². The zero-order chi connectivity index (χ0) is 12.0.